The Labute approximate surface area is 98.4 Å². The van der Waals surface area contributed by atoms with Gasteiger partial charge < -0.3 is 4.98 Å². The number of aryl methyl sites for hydroxylation is 2. The van der Waals surface area contributed by atoms with E-state index in [2.05, 4.69) is 55.4 Å². The molecule has 2 heterocycles. The quantitative estimate of drug-likeness (QED) is 0.723. The van der Waals surface area contributed by atoms with Crippen molar-refractivity contribution in [3.8, 4) is 0 Å². The Hall–Kier alpha value is -0.100. The molecule has 0 aliphatic carbocycles. The lowest BCUT2D eigenvalue weighted by atomic mass is 10.2. The summed E-state index contributed by atoms with van der Waals surface area (Å²) in [6.45, 7) is 4.11. The van der Waals surface area contributed by atoms with E-state index in [0.717, 1.165) is 15.8 Å². The van der Waals surface area contributed by atoms with Crippen LogP contribution in [0.2, 0.25) is 0 Å². The number of nitrogens with one attached hydrogen (secondary N) is 1. The lowest BCUT2D eigenvalue weighted by Crippen LogP contribution is -1.89. The van der Waals surface area contributed by atoms with Crippen molar-refractivity contribution in [1.29, 1.82) is 0 Å². The second-order valence-corrected chi connectivity index (χ2v) is 4.95. The number of rotatable bonds is 0. The molecule has 13 heavy (non-hydrogen) atoms. The first kappa shape index (κ1) is 9.45. The molecule has 0 spiro atoms. The van der Waals surface area contributed by atoms with Gasteiger partial charge in [0.25, 0.3) is 0 Å². The van der Waals surface area contributed by atoms with Gasteiger partial charge in [-0.25, -0.2) is 4.98 Å². The summed E-state index contributed by atoms with van der Waals surface area (Å²) in [6.07, 6.45) is 1.98. The molecule has 1 N–H and O–H groups in total. The molecule has 2 aromatic heterocycles. The summed E-state index contributed by atoms with van der Waals surface area (Å²) < 4.78 is 2.33. The van der Waals surface area contributed by atoms with Crippen LogP contribution in [0.4, 0.5) is 0 Å². The molecule has 2 nitrogen and oxygen atoms in total. The van der Waals surface area contributed by atoms with Crippen molar-refractivity contribution in [1.82, 2.24) is 9.97 Å². The van der Waals surface area contributed by atoms with Crippen LogP contribution < -0.4 is 0 Å². The topological polar surface area (TPSA) is 28.7 Å². The second kappa shape index (κ2) is 3.24. The van der Waals surface area contributed by atoms with Crippen molar-refractivity contribution in [2.24, 2.45) is 0 Å². The zero-order chi connectivity index (χ0) is 9.59. The Kier molecular flexibility index (Phi) is 2.35. The Balaban J connectivity index is 2.97. The van der Waals surface area contributed by atoms with Crippen LogP contribution in [-0.2, 0) is 0 Å². The Morgan fingerprint density at radius 3 is 2.85 bits per heavy atom. The third-order valence-electron chi connectivity index (χ3n) is 2.11. The van der Waals surface area contributed by atoms with Gasteiger partial charge in [-0.05, 0) is 57.9 Å². The summed E-state index contributed by atoms with van der Waals surface area (Å²) >= 11 is 5.85. The van der Waals surface area contributed by atoms with E-state index in [1.54, 1.807) is 0 Å². The van der Waals surface area contributed by atoms with Crippen molar-refractivity contribution in [2.45, 2.75) is 13.8 Å². The third kappa shape index (κ3) is 1.40. The number of hydrogen-bond acceptors (Lipinski definition) is 1. The van der Waals surface area contributed by atoms with Gasteiger partial charge in [0.1, 0.15) is 5.65 Å². The van der Waals surface area contributed by atoms with Crippen LogP contribution in [0.1, 0.15) is 11.3 Å². The molecule has 0 unspecified atom stereocenters. The zero-order valence-electron chi connectivity index (χ0n) is 7.28. The van der Waals surface area contributed by atoms with Crippen molar-refractivity contribution in [3.05, 3.63) is 25.5 Å². The van der Waals surface area contributed by atoms with E-state index in [0.29, 0.717) is 0 Å². The Morgan fingerprint density at radius 2 is 2.15 bits per heavy atom. The summed E-state index contributed by atoms with van der Waals surface area (Å²) in [4.78, 5) is 7.61. The number of halogens is 2. The Bertz CT molecular complexity index is 476. The predicted octanol–water partition coefficient (Wildman–Crippen LogP) is 3.55. The maximum atomic E-state index is 4.45. The number of pyridine rings is 1. The van der Waals surface area contributed by atoms with Crippen LogP contribution >= 0.6 is 38.5 Å². The first-order valence-electron chi connectivity index (χ1n) is 3.90. The molecule has 4 heteroatoms. The van der Waals surface area contributed by atoms with Crippen LogP contribution in [0, 0.1) is 17.4 Å². The summed E-state index contributed by atoms with van der Waals surface area (Å²) in [5.74, 6) is 0. The van der Waals surface area contributed by atoms with E-state index >= 15 is 0 Å². The average Bonchev–Trinajstić information content (AvgIpc) is 2.43. The van der Waals surface area contributed by atoms with Gasteiger partial charge in [0.2, 0.25) is 0 Å². The third-order valence-corrected chi connectivity index (χ3v) is 4.13. The summed E-state index contributed by atoms with van der Waals surface area (Å²) in [5, 5.41) is 1.22. The van der Waals surface area contributed by atoms with Crippen LogP contribution in [-0.4, -0.2) is 9.97 Å². The van der Waals surface area contributed by atoms with E-state index in [9.17, 15) is 0 Å². The highest BCUT2D eigenvalue weighted by atomic mass is 127. The minimum Gasteiger partial charge on any atom is -0.345 e. The molecule has 2 rings (SSSR count). The molecule has 0 bridgehead atoms. The fraction of sp³-hybridized carbons (Fsp3) is 0.222. The fourth-order valence-corrected chi connectivity index (χ4v) is 2.53. The summed E-state index contributed by atoms with van der Waals surface area (Å²) in [7, 11) is 0. The second-order valence-electron chi connectivity index (χ2n) is 3.00. The zero-order valence-corrected chi connectivity index (χ0v) is 11.0. The highest BCUT2D eigenvalue weighted by Gasteiger charge is 2.10. The average molecular weight is 351 g/mol. The highest BCUT2D eigenvalue weighted by Crippen LogP contribution is 2.29. The summed E-state index contributed by atoms with van der Waals surface area (Å²) in [5.41, 5.74) is 3.26. The molecule has 0 amide bonds. The van der Waals surface area contributed by atoms with Crippen molar-refractivity contribution >= 4 is 49.6 Å². The van der Waals surface area contributed by atoms with E-state index in [1.807, 2.05) is 13.1 Å². The lowest BCUT2D eigenvalue weighted by Gasteiger charge is -2.03. The van der Waals surface area contributed by atoms with Gasteiger partial charge in [0.15, 0.2) is 0 Å². The van der Waals surface area contributed by atoms with Gasteiger partial charge in [-0.2, -0.15) is 0 Å². The minimum absolute atomic E-state index is 0.975. The fourth-order valence-electron chi connectivity index (χ4n) is 1.43. The Morgan fingerprint density at radius 1 is 1.46 bits per heavy atom. The molecule has 0 saturated carbocycles. The van der Waals surface area contributed by atoms with E-state index < -0.39 is 0 Å². The molecule has 0 radical (unpaired) electrons. The largest absolute Gasteiger partial charge is 0.345 e. The molecule has 0 saturated heterocycles. The summed E-state index contributed by atoms with van der Waals surface area (Å²) in [6, 6.07) is 0. The molecule has 68 valence electrons. The molecule has 0 fully saturated rings. The number of hydrogen-bond donors (Lipinski definition) is 1. The lowest BCUT2D eigenvalue weighted by molar-refractivity contribution is 1.18. The normalized spacial score (nSPS) is 11.1. The van der Waals surface area contributed by atoms with E-state index in [1.165, 1.54) is 14.5 Å². The first-order chi connectivity index (χ1) is 6.11. The molecule has 0 aliphatic rings. The maximum absolute atomic E-state index is 4.45. The van der Waals surface area contributed by atoms with Crippen LogP contribution in [0.25, 0.3) is 11.0 Å². The number of nitrogens with zero attached hydrogens (tertiary/aromatic N) is 1. The predicted molar refractivity (Wildman–Crippen MR) is 66.0 cm³/mol. The van der Waals surface area contributed by atoms with Gasteiger partial charge >= 0.3 is 0 Å². The number of fused-ring (bicyclic) bond motifs is 1. The first-order valence-corrected chi connectivity index (χ1v) is 5.77. The molecule has 0 aromatic carbocycles. The van der Waals surface area contributed by atoms with E-state index in [-0.39, 0.29) is 0 Å². The van der Waals surface area contributed by atoms with Gasteiger partial charge in [-0.1, -0.05) is 0 Å². The van der Waals surface area contributed by atoms with Crippen molar-refractivity contribution < 1.29 is 0 Å². The van der Waals surface area contributed by atoms with Crippen molar-refractivity contribution in [2.75, 3.05) is 0 Å². The number of aromatic amines is 1. The minimum atomic E-state index is 0.975. The molecule has 0 atom stereocenters. The SMILES string of the molecule is Cc1nc2[nH]cc(I)c2c(C)c1Br. The highest BCUT2D eigenvalue weighted by molar-refractivity contribution is 14.1. The van der Waals surface area contributed by atoms with E-state index in [4.69, 9.17) is 0 Å². The van der Waals surface area contributed by atoms with Crippen LogP contribution in [0.5, 0.6) is 0 Å². The van der Waals surface area contributed by atoms with Crippen molar-refractivity contribution in [3.63, 3.8) is 0 Å². The number of aromatic nitrogens is 2. The molecule has 2 aromatic rings. The van der Waals surface area contributed by atoms with Gasteiger partial charge in [0, 0.05) is 19.6 Å². The molecular formula is C9H8BrIN2. The van der Waals surface area contributed by atoms with Gasteiger partial charge in [-0.15, -0.1) is 0 Å². The van der Waals surface area contributed by atoms with Crippen LogP contribution in [0.3, 0.4) is 0 Å². The van der Waals surface area contributed by atoms with Crippen LogP contribution in [0.15, 0.2) is 10.7 Å². The smallest absolute Gasteiger partial charge is 0.138 e. The maximum Gasteiger partial charge on any atom is 0.138 e. The number of H-pyrrole nitrogens is 1. The molecule has 0 aliphatic heterocycles. The molecular weight excluding hydrogens is 343 g/mol. The monoisotopic (exact) mass is 350 g/mol. The standard InChI is InChI=1S/C9H8BrIN2/c1-4-7-6(11)3-12-9(7)13-5(2)8(4)10/h3H,1-2H3,(H,12,13). The van der Waals surface area contributed by atoms with Gasteiger partial charge in [0.05, 0.1) is 5.69 Å². The van der Waals surface area contributed by atoms with Gasteiger partial charge in [-0.3, -0.25) is 0 Å².